The molecule has 3 aromatic rings. The predicted octanol–water partition coefficient (Wildman–Crippen LogP) is 3.98. The molecule has 1 aromatic heterocycles. The first-order valence-corrected chi connectivity index (χ1v) is 8.62. The summed E-state index contributed by atoms with van der Waals surface area (Å²) >= 11 is 1.52. The molecule has 25 heavy (non-hydrogen) atoms. The number of hydrogen-bond donors (Lipinski definition) is 1. The molecule has 0 unspecified atom stereocenters. The summed E-state index contributed by atoms with van der Waals surface area (Å²) in [6.45, 7) is 0. The van der Waals surface area contributed by atoms with Crippen LogP contribution in [0.1, 0.15) is 20.8 Å². The Balaban J connectivity index is 1.57. The summed E-state index contributed by atoms with van der Waals surface area (Å²) in [5, 5.41) is 3.49. The first-order valence-electron chi connectivity index (χ1n) is 7.81. The van der Waals surface area contributed by atoms with Crippen LogP contribution < -0.4 is 14.8 Å². The average Bonchev–Trinajstić information content (AvgIpc) is 3.18. The third-order valence-corrected chi connectivity index (χ3v) is 5.16. The molecule has 1 aliphatic rings. The fourth-order valence-electron chi connectivity index (χ4n) is 2.96. The number of aromatic nitrogens is 1. The predicted molar refractivity (Wildman–Crippen MR) is 97.9 cm³/mol. The minimum Gasteiger partial charge on any atom is -0.493 e. The van der Waals surface area contributed by atoms with Crippen LogP contribution in [0.5, 0.6) is 11.5 Å². The zero-order valence-electron chi connectivity index (χ0n) is 13.8. The molecular weight excluding hydrogens is 336 g/mol. The van der Waals surface area contributed by atoms with Gasteiger partial charge in [-0.05, 0) is 23.8 Å². The number of rotatable bonds is 4. The number of carbonyl (C=O) groups is 1. The van der Waals surface area contributed by atoms with E-state index in [0.29, 0.717) is 22.2 Å². The second-order valence-electron chi connectivity index (χ2n) is 5.65. The van der Waals surface area contributed by atoms with Gasteiger partial charge >= 0.3 is 0 Å². The zero-order valence-corrected chi connectivity index (χ0v) is 14.6. The number of nitrogens with one attached hydrogen (secondary N) is 1. The maximum absolute atomic E-state index is 12.5. The molecule has 0 bridgehead atoms. The number of amides is 1. The van der Waals surface area contributed by atoms with E-state index in [1.165, 1.54) is 21.8 Å². The molecule has 0 spiro atoms. The smallest absolute Gasteiger partial charge is 0.257 e. The summed E-state index contributed by atoms with van der Waals surface area (Å²) in [5.74, 6) is 0.885. The number of thiazole rings is 1. The summed E-state index contributed by atoms with van der Waals surface area (Å²) in [7, 11) is 3.11. The topological polar surface area (TPSA) is 60.5 Å². The van der Waals surface area contributed by atoms with Crippen LogP contribution in [0.3, 0.4) is 0 Å². The van der Waals surface area contributed by atoms with E-state index in [0.717, 1.165) is 17.7 Å². The maximum atomic E-state index is 12.5. The molecule has 2 aromatic carbocycles. The third kappa shape index (κ3) is 2.74. The molecule has 1 N–H and O–H groups in total. The number of carbonyl (C=O) groups excluding carboxylic acids is 1. The molecule has 0 saturated heterocycles. The molecule has 0 atom stereocenters. The second kappa shape index (κ2) is 6.22. The Kier molecular flexibility index (Phi) is 3.89. The Bertz CT molecular complexity index is 965. The van der Waals surface area contributed by atoms with Crippen LogP contribution in [0.4, 0.5) is 5.13 Å². The van der Waals surface area contributed by atoms with Crippen LogP contribution in [0.15, 0.2) is 42.5 Å². The number of benzene rings is 2. The lowest BCUT2D eigenvalue weighted by Crippen LogP contribution is -2.12. The zero-order chi connectivity index (χ0) is 17.4. The minimum absolute atomic E-state index is 0.221. The van der Waals surface area contributed by atoms with Crippen LogP contribution in [-0.2, 0) is 6.42 Å². The van der Waals surface area contributed by atoms with Gasteiger partial charge in [-0.1, -0.05) is 24.3 Å². The van der Waals surface area contributed by atoms with Crippen molar-refractivity contribution in [3.63, 3.8) is 0 Å². The lowest BCUT2D eigenvalue weighted by molar-refractivity contribution is 0.102. The molecule has 5 nitrogen and oxygen atoms in total. The fourth-order valence-corrected chi connectivity index (χ4v) is 3.95. The molecule has 4 rings (SSSR count). The number of nitrogens with zero attached hydrogens (tertiary/aromatic N) is 1. The molecule has 1 aliphatic carbocycles. The molecule has 126 valence electrons. The van der Waals surface area contributed by atoms with Gasteiger partial charge in [0.2, 0.25) is 0 Å². The molecule has 1 heterocycles. The number of ether oxygens (including phenoxy) is 2. The number of anilines is 1. The highest BCUT2D eigenvalue weighted by Crippen LogP contribution is 2.41. The van der Waals surface area contributed by atoms with Crippen molar-refractivity contribution in [2.45, 2.75) is 6.42 Å². The van der Waals surface area contributed by atoms with Crippen molar-refractivity contribution in [2.24, 2.45) is 0 Å². The summed E-state index contributed by atoms with van der Waals surface area (Å²) < 4.78 is 10.4. The third-order valence-electron chi connectivity index (χ3n) is 4.19. The first kappa shape index (κ1) is 15.7. The molecule has 0 fully saturated rings. The summed E-state index contributed by atoms with van der Waals surface area (Å²) in [5.41, 5.74) is 3.91. The van der Waals surface area contributed by atoms with E-state index in [1.807, 2.05) is 12.1 Å². The Hall–Kier alpha value is -2.86. The van der Waals surface area contributed by atoms with Gasteiger partial charge in [0.1, 0.15) is 0 Å². The van der Waals surface area contributed by atoms with Gasteiger partial charge < -0.3 is 9.47 Å². The van der Waals surface area contributed by atoms with Crippen LogP contribution in [0.25, 0.3) is 11.3 Å². The highest BCUT2D eigenvalue weighted by Gasteiger charge is 2.23. The van der Waals surface area contributed by atoms with Crippen molar-refractivity contribution < 1.29 is 14.3 Å². The number of fused-ring (bicyclic) bond motifs is 3. The van der Waals surface area contributed by atoms with E-state index in [1.54, 1.807) is 32.4 Å². The summed E-state index contributed by atoms with van der Waals surface area (Å²) in [6.07, 6.45) is 0.870. The van der Waals surface area contributed by atoms with Crippen LogP contribution in [-0.4, -0.2) is 25.1 Å². The van der Waals surface area contributed by atoms with E-state index < -0.39 is 0 Å². The number of methoxy groups -OCH3 is 2. The van der Waals surface area contributed by atoms with Gasteiger partial charge in [0, 0.05) is 22.4 Å². The largest absolute Gasteiger partial charge is 0.493 e. The van der Waals surface area contributed by atoms with Crippen LogP contribution in [0.2, 0.25) is 0 Å². The van der Waals surface area contributed by atoms with E-state index in [9.17, 15) is 4.79 Å². The van der Waals surface area contributed by atoms with E-state index >= 15 is 0 Å². The molecule has 6 heteroatoms. The first-order chi connectivity index (χ1) is 12.2. The molecule has 0 radical (unpaired) electrons. The average molecular weight is 352 g/mol. The van der Waals surface area contributed by atoms with E-state index in [4.69, 9.17) is 9.47 Å². The van der Waals surface area contributed by atoms with Crippen molar-refractivity contribution in [1.82, 2.24) is 4.98 Å². The molecule has 0 aliphatic heterocycles. The Morgan fingerprint density at radius 3 is 2.72 bits per heavy atom. The lowest BCUT2D eigenvalue weighted by Gasteiger charge is -2.09. The van der Waals surface area contributed by atoms with Crippen molar-refractivity contribution in [1.29, 1.82) is 0 Å². The Labute approximate surface area is 149 Å². The SMILES string of the molecule is COc1ccc(C(=O)Nc2nc3c(s2)Cc2ccccc2-3)cc1OC. The van der Waals surface area contributed by atoms with Crippen LogP contribution in [0, 0.1) is 0 Å². The van der Waals surface area contributed by atoms with Gasteiger partial charge in [0.05, 0.1) is 19.9 Å². The van der Waals surface area contributed by atoms with Crippen molar-refractivity contribution in [3.05, 3.63) is 58.5 Å². The van der Waals surface area contributed by atoms with Gasteiger partial charge in [-0.15, -0.1) is 11.3 Å². The van der Waals surface area contributed by atoms with Crippen molar-refractivity contribution >= 4 is 22.4 Å². The minimum atomic E-state index is -0.221. The molecule has 0 saturated carbocycles. The van der Waals surface area contributed by atoms with E-state index in [2.05, 4.69) is 22.4 Å². The standard InChI is InChI=1S/C19H16N2O3S/c1-23-14-8-7-12(9-15(14)24-2)18(22)21-19-20-17-13-6-4-3-5-11(13)10-16(17)25-19/h3-9H,10H2,1-2H3,(H,20,21,22). The lowest BCUT2D eigenvalue weighted by atomic mass is 10.1. The Morgan fingerprint density at radius 1 is 1.12 bits per heavy atom. The van der Waals surface area contributed by atoms with Crippen LogP contribution >= 0.6 is 11.3 Å². The monoisotopic (exact) mass is 352 g/mol. The second-order valence-corrected chi connectivity index (χ2v) is 6.73. The molecule has 1 amide bonds. The highest BCUT2D eigenvalue weighted by molar-refractivity contribution is 7.16. The highest BCUT2D eigenvalue weighted by atomic mass is 32.1. The Morgan fingerprint density at radius 2 is 1.92 bits per heavy atom. The van der Waals surface area contributed by atoms with Gasteiger partial charge in [0.25, 0.3) is 5.91 Å². The normalized spacial score (nSPS) is 11.6. The summed E-state index contributed by atoms with van der Waals surface area (Å²) in [4.78, 5) is 18.3. The van der Waals surface area contributed by atoms with Gasteiger partial charge in [0.15, 0.2) is 16.6 Å². The fraction of sp³-hybridized carbons (Fsp3) is 0.158. The quantitative estimate of drug-likeness (QED) is 0.603. The van der Waals surface area contributed by atoms with Crippen molar-refractivity contribution in [3.8, 4) is 22.8 Å². The summed E-state index contributed by atoms with van der Waals surface area (Å²) in [6, 6.07) is 13.3. The molecular formula is C19H16N2O3S. The van der Waals surface area contributed by atoms with Gasteiger partial charge in [-0.25, -0.2) is 4.98 Å². The van der Waals surface area contributed by atoms with Gasteiger partial charge in [-0.3, -0.25) is 10.1 Å². The maximum Gasteiger partial charge on any atom is 0.257 e. The van der Waals surface area contributed by atoms with Gasteiger partial charge in [-0.2, -0.15) is 0 Å². The number of hydrogen-bond acceptors (Lipinski definition) is 5. The van der Waals surface area contributed by atoms with E-state index in [-0.39, 0.29) is 5.91 Å². The van der Waals surface area contributed by atoms with Crippen molar-refractivity contribution in [2.75, 3.05) is 19.5 Å².